The molecule has 0 fully saturated rings. The van der Waals surface area contributed by atoms with Gasteiger partial charge in [0.15, 0.2) is 0 Å². The van der Waals surface area contributed by atoms with Gasteiger partial charge in [0, 0.05) is 26.2 Å². The van der Waals surface area contributed by atoms with Crippen LogP contribution in [0, 0.1) is 5.92 Å². The molecule has 0 aromatic carbocycles. The van der Waals surface area contributed by atoms with E-state index < -0.39 is 0 Å². The third kappa shape index (κ3) is 11.4. The van der Waals surface area contributed by atoms with Gasteiger partial charge in [-0.2, -0.15) is 0 Å². The van der Waals surface area contributed by atoms with Gasteiger partial charge in [0.1, 0.15) is 0 Å². The third-order valence-corrected chi connectivity index (χ3v) is 3.44. The fourth-order valence-corrected chi connectivity index (χ4v) is 2.39. The van der Waals surface area contributed by atoms with E-state index in [0.29, 0.717) is 6.04 Å². The van der Waals surface area contributed by atoms with Gasteiger partial charge in [0.25, 0.3) is 0 Å². The van der Waals surface area contributed by atoms with Crippen LogP contribution >= 0.6 is 0 Å². The summed E-state index contributed by atoms with van der Waals surface area (Å²) in [4.78, 5) is 2.54. The van der Waals surface area contributed by atoms with Gasteiger partial charge in [-0.05, 0) is 44.7 Å². The molecule has 116 valence electrons. The van der Waals surface area contributed by atoms with Crippen LogP contribution in [-0.4, -0.2) is 50.8 Å². The average molecular weight is 272 g/mol. The Hall–Kier alpha value is -0.120. The van der Waals surface area contributed by atoms with Crippen molar-refractivity contribution in [3.05, 3.63) is 0 Å². The van der Waals surface area contributed by atoms with Crippen molar-refractivity contribution >= 4 is 0 Å². The molecule has 1 unspecified atom stereocenters. The number of hydrogen-bond donors (Lipinski definition) is 1. The largest absolute Gasteiger partial charge is 0.383 e. The lowest BCUT2D eigenvalue weighted by Crippen LogP contribution is -2.34. The van der Waals surface area contributed by atoms with Crippen LogP contribution in [0.15, 0.2) is 0 Å². The van der Waals surface area contributed by atoms with Gasteiger partial charge in [-0.15, -0.1) is 0 Å². The summed E-state index contributed by atoms with van der Waals surface area (Å²) in [7, 11) is 1.79. The third-order valence-electron chi connectivity index (χ3n) is 3.44. The standard InChI is InChI=1S/C16H36N2O/c1-6-10-17-16(7-2)9-8-11-18(12-13-19-5)14-15(3)4/h15-17H,6-14H2,1-5H3. The van der Waals surface area contributed by atoms with Gasteiger partial charge in [-0.25, -0.2) is 0 Å². The Morgan fingerprint density at radius 2 is 1.89 bits per heavy atom. The summed E-state index contributed by atoms with van der Waals surface area (Å²) in [5.41, 5.74) is 0. The molecule has 0 aliphatic carbocycles. The van der Waals surface area contributed by atoms with Gasteiger partial charge in [-0.1, -0.05) is 27.7 Å². The second-order valence-electron chi connectivity index (χ2n) is 5.89. The van der Waals surface area contributed by atoms with Crippen LogP contribution in [0.5, 0.6) is 0 Å². The Labute approximate surface area is 121 Å². The van der Waals surface area contributed by atoms with E-state index >= 15 is 0 Å². The number of nitrogens with one attached hydrogen (secondary N) is 1. The first kappa shape index (κ1) is 18.9. The normalized spacial score (nSPS) is 13.4. The molecule has 0 saturated heterocycles. The second kappa shape index (κ2) is 12.9. The van der Waals surface area contributed by atoms with Crippen molar-refractivity contribution in [3.8, 4) is 0 Å². The van der Waals surface area contributed by atoms with Crippen LogP contribution in [-0.2, 0) is 4.74 Å². The van der Waals surface area contributed by atoms with Gasteiger partial charge >= 0.3 is 0 Å². The second-order valence-corrected chi connectivity index (χ2v) is 5.89. The SMILES string of the molecule is CCCNC(CC)CCCN(CCOC)CC(C)C. The summed E-state index contributed by atoms with van der Waals surface area (Å²) >= 11 is 0. The maximum absolute atomic E-state index is 5.20. The van der Waals surface area contributed by atoms with Crippen molar-refractivity contribution in [1.29, 1.82) is 0 Å². The van der Waals surface area contributed by atoms with Crippen LogP contribution < -0.4 is 5.32 Å². The molecule has 0 radical (unpaired) electrons. The first-order valence-corrected chi connectivity index (χ1v) is 8.08. The highest BCUT2D eigenvalue weighted by atomic mass is 16.5. The van der Waals surface area contributed by atoms with E-state index in [1.807, 2.05) is 0 Å². The van der Waals surface area contributed by atoms with Crippen molar-refractivity contribution in [2.45, 2.75) is 59.4 Å². The minimum absolute atomic E-state index is 0.697. The van der Waals surface area contributed by atoms with Crippen LogP contribution in [0.25, 0.3) is 0 Å². The average Bonchev–Trinajstić information content (AvgIpc) is 2.39. The molecule has 0 aromatic rings. The molecule has 0 amide bonds. The molecule has 0 rings (SSSR count). The summed E-state index contributed by atoms with van der Waals surface area (Å²) < 4.78 is 5.20. The predicted molar refractivity (Wildman–Crippen MR) is 84.8 cm³/mol. The predicted octanol–water partition coefficient (Wildman–Crippen LogP) is 3.15. The number of hydrogen-bond acceptors (Lipinski definition) is 3. The lowest BCUT2D eigenvalue weighted by molar-refractivity contribution is 0.138. The number of rotatable bonds is 13. The fourth-order valence-electron chi connectivity index (χ4n) is 2.39. The van der Waals surface area contributed by atoms with E-state index in [0.717, 1.165) is 25.6 Å². The molecule has 3 nitrogen and oxygen atoms in total. The molecular formula is C16H36N2O. The van der Waals surface area contributed by atoms with E-state index in [9.17, 15) is 0 Å². The minimum atomic E-state index is 0.697. The number of nitrogens with zero attached hydrogens (tertiary/aromatic N) is 1. The highest BCUT2D eigenvalue weighted by Gasteiger charge is 2.09. The maximum atomic E-state index is 5.20. The van der Waals surface area contributed by atoms with Crippen LogP contribution in [0.2, 0.25) is 0 Å². The van der Waals surface area contributed by atoms with E-state index in [4.69, 9.17) is 4.74 Å². The zero-order valence-corrected chi connectivity index (χ0v) is 13.9. The van der Waals surface area contributed by atoms with Gasteiger partial charge in [0.05, 0.1) is 6.61 Å². The lowest BCUT2D eigenvalue weighted by atomic mass is 10.1. The molecule has 0 aromatic heterocycles. The van der Waals surface area contributed by atoms with Crippen LogP contribution in [0.3, 0.4) is 0 Å². The molecule has 19 heavy (non-hydrogen) atoms. The molecule has 0 aliphatic heterocycles. The molecule has 0 saturated carbocycles. The first-order valence-electron chi connectivity index (χ1n) is 8.08. The topological polar surface area (TPSA) is 24.5 Å². The van der Waals surface area contributed by atoms with E-state index in [2.05, 4.69) is 37.9 Å². The fraction of sp³-hybridized carbons (Fsp3) is 1.00. The Morgan fingerprint density at radius 3 is 2.42 bits per heavy atom. The molecule has 0 spiro atoms. The van der Waals surface area contributed by atoms with E-state index in [1.54, 1.807) is 7.11 Å². The maximum Gasteiger partial charge on any atom is 0.0589 e. The van der Waals surface area contributed by atoms with Crippen molar-refractivity contribution in [1.82, 2.24) is 10.2 Å². The van der Waals surface area contributed by atoms with Gasteiger partial charge in [-0.3, -0.25) is 0 Å². The van der Waals surface area contributed by atoms with Crippen molar-refractivity contribution in [2.24, 2.45) is 5.92 Å². The molecule has 3 heteroatoms. The van der Waals surface area contributed by atoms with Crippen LogP contribution in [0.1, 0.15) is 53.4 Å². The summed E-state index contributed by atoms with van der Waals surface area (Å²) in [5.74, 6) is 0.733. The monoisotopic (exact) mass is 272 g/mol. The summed E-state index contributed by atoms with van der Waals surface area (Å²) in [6.07, 6.45) is 5.04. The van der Waals surface area contributed by atoms with Crippen LogP contribution in [0.4, 0.5) is 0 Å². The zero-order chi connectivity index (χ0) is 14.5. The van der Waals surface area contributed by atoms with Gasteiger partial charge in [0.2, 0.25) is 0 Å². The number of ether oxygens (including phenoxy) is 1. The molecule has 0 bridgehead atoms. The Morgan fingerprint density at radius 1 is 1.16 bits per heavy atom. The van der Waals surface area contributed by atoms with Gasteiger partial charge < -0.3 is 15.0 Å². The lowest BCUT2D eigenvalue weighted by Gasteiger charge is -2.25. The molecule has 1 N–H and O–H groups in total. The zero-order valence-electron chi connectivity index (χ0n) is 13.9. The molecule has 0 aliphatic rings. The van der Waals surface area contributed by atoms with Crippen molar-refractivity contribution < 1.29 is 4.74 Å². The summed E-state index contributed by atoms with van der Waals surface area (Å²) in [6.45, 7) is 14.5. The summed E-state index contributed by atoms with van der Waals surface area (Å²) in [6, 6.07) is 0.697. The first-order chi connectivity index (χ1) is 9.13. The van der Waals surface area contributed by atoms with Crippen molar-refractivity contribution in [3.63, 3.8) is 0 Å². The highest BCUT2D eigenvalue weighted by molar-refractivity contribution is 4.67. The Balaban J connectivity index is 3.87. The van der Waals surface area contributed by atoms with Crippen molar-refractivity contribution in [2.75, 3.05) is 39.9 Å². The highest BCUT2D eigenvalue weighted by Crippen LogP contribution is 2.06. The Bertz CT molecular complexity index is 186. The quantitative estimate of drug-likeness (QED) is 0.557. The van der Waals surface area contributed by atoms with E-state index in [1.165, 1.54) is 38.8 Å². The molecule has 0 heterocycles. The Kier molecular flexibility index (Phi) is 12.8. The number of methoxy groups -OCH3 is 1. The summed E-state index contributed by atoms with van der Waals surface area (Å²) in [5, 5.41) is 3.63. The molecule has 1 atom stereocenters. The minimum Gasteiger partial charge on any atom is -0.383 e. The molecular weight excluding hydrogens is 236 g/mol. The van der Waals surface area contributed by atoms with E-state index in [-0.39, 0.29) is 0 Å². The smallest absolute Gasteiger partial charge is 0.0589 e.